The van der Waals surface area contributed by atoms with Gasteiger partial charge in [0.1, 0.15) is 5.25 Å². The van der Waals surface area contributed by atoms with Crippen molar-refractivity contribution in [3.8, 4) is 0 Å². The monoisotopic (exact) mass is 340 g/mol. The maximum Gasteiger partial charge on any atom is 0.237 e. The van der Waals surface area contributed by atoms with E-state index in [1.54, 1.807) is 11.8 Å². The molecule has 2 unspecified atom stereocenters. The molecule has 2 aromatic carbocycles. The highest BCUT2D eigenvalue weighted by Crippen LogP contribution is 2.35. The highest BCUT2D eigenvalue weighted by atomic mass is 32.2. The number of benzene rings is 2. The Morgan fingerprint density at radius 2 is 1.83 bits per heavy atom. The molecule has 3 nitrogen and oxygen atoms in total. The number of thioether (sulfide) groups is 1. The second kappa shape index (κ2) is 8.90. The van der Waals surface area contributed by atoms with E-state index < -0.39 is 0 Å². The van der Waals surface area contributed by atoms with Gasteiger partial charge < -0.3 is 10.6 Å². The molecule has 0 aromatic heterocycles. The average Bonchev–Trinajstić information content (AvgIpc) is 3.15. The van der Waals surface area contributed by atoms with Crippen LogP contribution in [0.5, 0.6) is 0 Å². The van der Waals surface area contributed by atoms with Crippen LogP contribution in [0.15, 0.2) is 65.6 Å². The van der Waals surface area contributed by atoms with Crippen LogP contribution in [-0.4, -0.2) is 25.5 Å². The molecule has 126 valence electrons. The number of hydrogen-bond acceptors (Lipinski definition) is 3. The minimum Gasteiger partial charge on any atom is -0.355 e. The number of hydrogen-bond donors (Lipinski definition) is 2. The summed E-state index contributed by atoms with van der Waals surface area (Å²) in [5.74, 6) is 0.795. The normalized spacial score (nSPS) is 18.2. The summed E-state index contributed by atoms with van der Waals surface area (Å²) in [6.07, 6.45) is 2.27. The number of carbonyl (C=O) groups excluding carboxylic acids is 1. The van der Waals surface area contributed by atoms with Crippen LogP contribution < -0.4 is 10.6 Å². The van der Waals surface area contributed by atoms with E-state index in [1.807, 2.05) is 48.5 Å². The first-order valence-corrected chi connectivity index (χ1v) is 9.46. The van der Waals surface area contributed by atoms with Crippen LogP contribution in [0.1, 0.15) is 23.7 Å². The zero-order valence-electron chi connectivity index (χ0n) is 13.8. The van der Waals surface area contributed by atoms with E-state index in [4.69, 9.17) is 0 Å². The first-order chi connectivity index (χ1) is 11.8. The van der Waals surface area contributed by atoms with E-state index in [-0.39, 0.29) is 11.2 Å². The Bertz CT molecular complexity index is 627. The van der Waals surface area contributed by atoms with E-state index in [0.717, 1.165) is 36.5 Å². The highest BCUT2D eigenvalue weighted by molar-refractivity contribution is 8.00. The molecule has 3 rings (SSSR count). The quantitative estimate of drug-likeness (QED) is 0.756. The summed E-state index contributed by atoms with van der Waals surface area (Å²) in [7, 11) is 0. The van der Waals surface area contributed by atoms with Crippen molar-refractivity contribution in [1.29, 1.82) is 0 Å². The lowest BCUT2D eigenvalue weighted by atomic mass is 10.1. The van der Waals surface area contributed by atoms with Gasteiger partial charge in [-0.25, -0.2) is 0 Å². The predicted octanol–water partition coefficient (Wildman–Crippen LogP) is 3.64. The maximum absolute atomic E-state index is 12.8. The number of nitrogens with one attached hydrogen (secondary N) is 2. The second-order valence-corrected chi connectivity index (χ2v) is 7.34. The molecule has 1 aliphatic rings. The molecule has 0 saturated carbocycles. The molecule has 0 bridgehead atoms. The third-order valence-electron chi connectivity index (χ3n) is 4.35. The average molecular weight is 340 g/mol. The van der Waals surface area contributed by atoms with Crippen molar-refractivity contribution in [2.75, 3.05) is 19.6 Å². The molecular formula is C20H24N2OS. The fourth-order valence-corrected chi connectivity index (χ4v) is 4.06. The second-order valence-electron chi connectivity index (χ2n) is 6.16. The standard InChI is InChI=1S/C20H24N2OS/c23-20(22-14-12-16-11-13-21-15-16)19(17-7-3-1-4-8-17)24-18-9-5-2-6-10-18/h1-10,16,19,21H,11-15H2,(H,22,23). The molecule has 1 saturated heterocycles. The van der Waals surface area contributed by atoms with E-state index in [2.05, 4.69) is 22.8 Å². The molecule has 1 amide bonds. The smallest absolute Gasteiger partial charge is 0.237 e. The summed E-state index contributed by atoms with van der Waals surface area (Å²) in [5.41, 5.74) is 1.05. The first kappa shape index (κ1) is 17.1. The summed E-state index contributed by atoms with van der Waals surface area (Å²) in [6.45, 7) is 2.94. The van der Waals surface area contributed by atoms with E-state index >= 15 is 0 Å². The van der Waals surface area contributed by atoms with Gasteiger partial charge in [0.15, 0.2) is 0 Å². The van der Waals surface area contributed by atoms with Gasteiger partial charge in [0.2, 0.25) is 5.91 Å². The Hall–Kier alpha value is -1.78. The van der Waals surface area contributed by atoms with Crippen LogP contribution in [-0.2, 0) is 4.79 Å². The molecule has 1 heterocycles. The summed E-state index contributed by atoms with van der Waals surface area (Å²) in [4.78, 5) is 13.9. The summed E-state index contributed by atoms with van der Waals surface area (Å²) in [6, 6.07) is 20.1. The third kappa shape index (κ3) is 4.86. The van der Waals surface area contributed by atoms with Crippen molar-refractivity contribution >= 4 is 17.7 Å². The number of carbonyl (C=O) groups is 1. The van der Waals surface area contributed by atoms with Gasteiger partial charge >= 0.3 is 0 Å². The van der Waals surface area contributed by atoms with Crippen molar-refractivity contribution < 1.29 is 4.79 Å². The van der Waals surface area contributed by atoms with Crippen LogP contribution >= 0.6 is 11.8 Å². The molecule has 24 heavy (non-hydrogen) atoms. The van der Waals surface area contributed by atoms with Crippen LogP contribution in [0, 0.1) is 5.92 Å². The summed E-state index contributed by atoms with van der Waals surface area (Å²) < 4.78 is 0. The molecule has 1 aliphatic heterocycles. The first-order valence-electron chi connectivity index (χ1n) is 8.58. The topological polar surface area (TPSA) is 41.1 Å². The van der Waals surface area contributed by atoms with Crippen molar-refractivity contribution in [3.05, 3.63) is 66.2 Å². The SMILES string of the molecule is O=C(NCCC1CCNC1)C(Sc1ccccc1)c1ccccc1. The maximum atomic E-state index is 12.8. The van der Waals surface area contributed by atoms with Crippen molar-refractivity contribution in [2.45, 2.75) is 23.0 Å². The van der Waals surface area contributed by atoms with Gasteiger partial charge in [0.05, 0.1) is 0 Å². The van der Waals surface area contributed by atoms with E-state index in [1.165, 1.54) is 6.42 Å². The van der Waals surface area contributed by atoms with Crippen molar-refractivity contribution in [1.82, 2.24) is 10.6 Å². The fourth-order valence-electron chi connectivity index (χ4n) is 2.99. The summed E-state index contributed by atoms with van der Waals surface area (Å²) in [5, 5.41) is 6.30. The van der Waals surface area contributed by atoms with Crippen molar-refractivity contribution in [3.63, 3.8) is 0 Å². The molecule has 2 N–H and O–H groups in total. The van der Waals surface area contributed by atoms with Crippen LogP contribution in [0.2, 0.25) is 0 Å². The molecule has 1 fully saturated rings. The molecular weight excluding hydrogens is 316 g/mol. The number of amides is 1. The largest absolute Gasteiger partial charge is 0.355 e. The van der Waals surface area contributed by atoms with Gasteiger partial charge in [-0.05, 0) is 49.5 Å². The third-order valence-corrected chi connectivity index (χ3v) is 5.62. The van der Waals surface area contributed by atoms with Gasteiger partial charge in [-0.1, -0.05) is 48.5 Å². The highest BCUT2D eigenvalue weighted by Gasteiger charge is 2.22. The lowest BCUT2D eigenvalue weighted by molar-refractivity contribution is -0.120. The Kier molecular flexibility index (Phi) is 6.33. The van der Waals surface area contributed by atoms with Crippen LogP contribution in [0.25, 0.3) is 0 Å². The molecule has 0 aliphatic carbocycles. The number of rotatable bonds is 7. The molecule has 0 spiro atoms. The van der Waals surface area contributed by atoms with E-state index in [0.29, 0.717) is 5.92 Å². The minimum absolute atomic E-state index is 0.0982. The zero-order valence-corrected chi connectivity index (χ0v) is 14.6. The molecule has 2 atom stereocenters. The van der Waals surface area contributed by atoms with Gasteiger partial charge in [-0.3, -0.25) is 4.79 Å². The Balaban J connectivity index is 1.63. The lowest BCUT2D eigenvalue weighted by Crippen LogP contribution is -2.30. The van der Waals surface area contributed by atoms with Gasteiger partial charge in [0, 0.05) is 11.4 Å². The summed E-state index contributed by atoms with van der Waals surface area (Å²) >= 11 is 1.61. The van der Waals surface area contributed by atoms with Gasteiger partial charge in [-0.2, -0.15) is 0 Å². The molecule has 2 aromatic rings. The Labute approximate surface area is 148 Å². The zero-order chi connectivity index (χ0) is 16.6. The van der Waals surface area contributed by atoms with Crippen LogP contribution in [0.4, 0.5) is 0 Å². The van der Waals surface area contributed by atoms with Crippen molar-refractivity contribution in [2.24, 2.45) is 5.92 Å². The van der Waals surface area contributed by atoms with Crippen LogP contribution in [0.3, 0.4) is 0 Å². The lowest BCUT2D eigenvalue weighted by Gasteiger charge is -2.18. The minimum atomic E-state index is -0.213. The molecule has 0 radical (unpaired) electrons. The Morgan fingerprint density at radius 3 is 2.50 bits per heavy atom. The van der Waals surface area contributed by atoms with E-state index in [9.17, 15) is 4.79 Å². The fraction of sp³-hybridized carbons (Fsp3) is 0.350. The predicted molar refractivity (Wildman–Crippen MR) is 100 cm³/mol. The van der Waals surface area contributed by atoms with Gasteiger partial charge in [-0.15, -0.1) is 11.8 Å². The molecule has 4 heteroatoms. The van der Waals surface area contributed by atoms with Gasteiger partial charge in [0.25, 0.3) is 0 Å². The Morgan fingerprint density at radius 1 is 1.12 bits per heavy atom.